The van der Waals surface area contributed by atoms with Crippen molar-refractivity contribution in [3.8, 4) is 5.75 Å². The highest BCUT2D eigenvalue weighted by atomic mass is 19.1. The Morgan fingerprint density at radius 3 is 2.49 bits per heavy atom. The second-order valence-electron chi connectivity index (χ2n) is 11.5. The lowest BCUT2D eigenvalue weighted by Crippen LogP contribution is -2.67. The number of rotatable bonds is 5. The quantitative estimate of drug-likeness (QED) is 0.252. The molecule has 1 aromatic rings. The van der Waals surface area contributed by atoms with E-state index in [2.05, 4.69) is 5.32 Å². The van der Waals surface area contributed by atoms with E-state index in [0.29, 0.717) is 0 Å². The number of anilines is 1. The molecule has 13 heteroatoms. The van der Waals surface area contributed by atoms with Gasteiger partial charge in [-0.1, -0.05) is 6.42 Å². The Balaban J connectivity index is 1.56. The summed E-state index contributed by atoms with van der Waals surface area (Å²) in [5, 5.41) is 56.0. The summed E-state index contributed by atoms with van der Waals surface area (Å²) in [6.45, 7) is 1.52. The SMILES string of the molecule is CN(C)[C@@H]1C(O)=C(C(N)=O)C(=N)[C@@]2(O)C(=O)C3=C(O)c4c(O)c(NC(=O)CN5CCCCC5)cc(F)c4C[C@H]3C[C@@H]12. The van der Waals surface area contributed by atoms with Gasteiger partial charge >= 0.3 is 0 Å². The molecule has 0 bridgehead atoms. The van der Waals surface area contributed by atoms with Crippen molar-refractivity contribution >= 4 is 34.8 Å². The third-order valence-electron chi connectivity index (χ3n) is 8.81. The van der Waals surface area contributed by atoms with Crippen molar-refractivity contribution in [3.63, 3.8) is 0 Å². The number of nitrogens with one attached hydrogen (secondary N) is 2. The molecule has 1 aromatic carbocycles. The predicted octanol–water partition coefficient (Wildman–Crippen LogP) is 0.978. The van der Waals surface area contributed by atoms with Gasteiger partial charge in [0, 0.05) is 23.1 Å². The van der Waals surface area contributed by atoms with Crippen LogP contribution in [0.5, 0.6) is 5.75 Å². The van der Waals surface area contributed by atoms with Crippen molar-refractivity contribution in [1.82, 2.24) is 9.80 Å². The van der Waals surface area contributed by atoms with Gasteiger partial charge in [0.15, 0.2) is 11.4 Å². The molecule has 12 nitrogen and oxygen atoms in total. The first-order valence-corrected chi connectivity index (χ1v) is 13.5. The zero-order valence-electron chi connectivity index (χ0n) is 22.8. The van der Waals surface area contributed by atoms with Gasteiger partial charge in [-0.05, 0) is 58.8 Å². The number of carbonyl (C=O) groups excluding carboxylic acids is 3. The fourth-order valence-corrected chi connectivity index (χ4v) is 6.93. The summed E-state index contributed by atoms with van der Waals surface area (Å²) in [5.41, 5.74) is 0.0802. The number of phenolic OH excluding ortho intramolecular Hbond substituents is 1. The van der Waals surface area contributed by atoms with E-state index < -0.39 is 75.4 Å². The Morgan fingerprint density at radius 1 is 1.22 bits per heavy atom. The number of aliphatic hydroxyl groups excluding tert-OH is 2. The van der Waals surface area contributed by atoms with Crippen LogP contribution >= 0.6 is 0 Å². The van der Waals surface area contributed by atoms with E-state index >= 15 is 4.39 Å². The Bertz CT molecular complexity index is 1430. The van der Waals surface area contributed by atoms with E-state index in [1.54, 1.807) is 14.1 Å². The van der Waals surface area contributed by atoms with Crippen molar-refractivity contribution in [1.29, 1.82) is 5.41 Å². The lowest BCUT2D eigenvalue weighted by atomic mass is 9.57. The van der Waals surface area contributed by atoms with Crippen LogP contribution in [0.15, 0.2) is 23.0 Å². The smallest absolute Gasteiger partial charge is 0.254 e. The lowest BCUT2D eigenvalue weighted by Gasteiger charge is -2.51. The number of likely N-dealkylation sites (N-methyl/N-ethyl adjacent to an activating group) is 1. The van der Waals surface area contributed by atoms with Crippen LogP contribution in [0.25, 0.3) is 5.76 Å². The van der Waals surface area contributed by atoms with E-state index in [0.717, 1.165) is 38.4 Å². The Hall–Kier alpha value is -3.81. The fraction of sp³-hybridized carbons (Fsp3) is 0.500. The average Bonchev–Trinajstić information content (AvgIpc) is 2.89. The zero-order chi connectivity index (χ0) is 30.0. The number of nitrogens with two attached hydrogens (primary N) is 1. The number of likely N-dealkylation sites (tertiary alicyclic amines) is 1. The monoisotopic (exact) mass is 571 g/mol. The van der Waals surface area contributed by atoms with Crippen molar-refractivity contribution in [3.05, 3.63) is 39.9 Å². The first kappa shape index (κ1) is 28.7. The van der Waals surface area contributed by atoms with Gasteiger partial charge in [-0.15, -0.1) is 0 Å². The minimum absolute atomic E-state index is 0.0396. The highest BCUT2D eigenvalue weighted by molar-refractivity contribution is 6.34. The van der Waals surface area contributed by atoms with Gasteiger partial charge < -0.3 is 36.9 Å². The van der Waals surface area contributed by atoms with E-state index in [1.165, 1.54) is 4.90 Å². The number of hydrogen-bond donors (Lipinski definition) is 7. The minimum atomic E-state index is -2.64. The maximum absolute atomic E-state index is 15.4. The third kappa shape index (κ3) is 4.39. The Labute approximate surface area is 235 Å². The number of fused-ring (bicyclic) bond motifs is 3. The fourth-order valence-electron chi connectivity index (χ4n) is 6.93. The highest BCUT2D eigenvalue weighted by Gasteiger charge is 2.63. The zero-order valence-corrected chi connectivity index (χ0v) is 22.8. The molecule has 220 valence electrons. The van der Waals surface area contributed by atoms with E-state index in [9.17, 15) is 34.8 Å². The van der Waals surface area contributed by atoms with Crippen LogP contribution < -0.4 is 11.1 Å². The lowest BCUT2D eigenvalue weighted by molar-refractivity contribution is -0.138. The molecular weight excluding hydrogens is 537 g/mol. The Morgan fingerprint density at radius 2 is 1.88 bits per heavy atom. The Kier molecular flexibility index (Phi) is 7.16. The number of nitrogens with zero attached hydrogens (tertiary/aromatic N) is 2. The molecule has 0 spiro atoms. The number of aromatic hydroxyl groups is 1. The molecule has 1 heterocycles. The first-order valence-electron chi connectivity index (χ1n) is 13.5. The summed E-state index contributed by atoms with van der Waals surface area (Å²) in [6, 6.07) is -0.116. The van der Waals surface area contributed by atoms with Gasteiger partial charge in [-0.2, -0.15) is 0 Å². The molecule has 1 saturated heterocycles. The number of phenols is 1. The van der Waals surface area contributed by atoms with Gasteiger partial charge in [0.05, 0.1) is 29.5 Å². The molecule has 1 saturated carbocycles. The summed E-state index contributed by atoms with van der Waals surface area (Å²) in [4.78, 5) is 42.2. The molecule has 2 fully saturated rings. The number of aliphatic hydroxyl groups is 3. The molecule has 0 aromatic heterocycles. The van der Waals surface area contributed by atoms with Crippen molar-refractivity contribution in [2.45, 2.75) is 43.7 Å². The summed E-state index contributed by atoms with van der Waals surface area (Å²) in [7, 11) is 3.11. The van der Waals surface area contributed by atoms with Crippen LogP contribution in [0.4, 0.5) is 10.1 Å². The molecule has 3 aliphatic carbocycles. The van der Waals surface area contributed by atoms with Crippen LogP contribution in [0.3, 0.4) is 0 Å². The van der Waals surface area contributed by atoms with Crippen molar-refractivity contribution in [2.24, 2.45) is 17.6 Å². The molecule has 2 amide bonds. The maximum atomic E-state index is 15.4. The van der Waals surface area contributed by atoms with Gasteiger partial charge in [0.25, 0.3) is 5.91 Å². The van der Waals surface area contributed by atoms with Gasteiger partial charge in [0.1, 0.15) is 22.9 Å². The molecule has 4 aliphatic rings. The van der Waals surface area contributed by atoms with E-state index in [4.69, 9.17) is 11.1 Å². The standard InChI is InChI=1S/C28H34FN5O7/c1-33(2)21-14-9-12-8-13-15(29)10-16(32-17(35)11-34-6-4-3-5-7-34)22(36)19(13)23(37)18(12)26(39)28(14,41)25(30)20(24(21)38)27(31)40/h10,12,14,21,30,36-38,41H,3-9,11H2,1-2H3,(H2,31,40)(H,32,35)/t12-,14-,21-,28+/m0/s1. The van der Waals surface area contributed by atoms with Crippen LogP contribution in [0.2, 0.25) is 0 Å². The molecule has 0 radical (unpaired) electrons. The molecule has 8 N–H and O–H groups in total. The molecule has 1 aliphatic heterocycles. The summed E-state index contributed by atoms with van der Waals surface area (Å²) in [6.07, 6.45) is 2.78. The highest BCUT2D eigenvalue weighted by Crippen LogP contribution is 2.53. The molecule has 41 heavy (non-hydrogen) atoms. The predicted molar refractivity (Wildman–Crippen MR) is 146 cm³/mol. The number of ketones is 1. The number of amides is 2. The maximum Gasteiger partial charge on any atom is 0.254 e. The molecule has 4 atom stereocenters. The second-order valence-corrected chi connectivity index (χ2v) is 11.5. The third-order valence-corrected chi connectivity index (χ3v) is 8.81. The second kappa shape index (κ2) is 10.2. The van der Waals surface area contributed by atoms with Crippen LogP contribution in [-0.2, 0) is 20.8 Å². The van der Waals surface area contributed by atoms with Gasteiger partial charge in [0.2, 0.25) is 11.7 Å². The normalized spacial score (nSPS) is 28.4. The molecular formula is C28H34FN5O7. The summed E-state index contributed by atoms with van der Waals surface area (Å²) in [5.74, 6) is -7.57. The summed E-state index contributed by atoms with van der Waals surface area (Å²) >= 11 is 0. The van der Waals surface area contributed by atoms with Gasteiger partial charge in [-0.25, -0.2) is 4.39 Å². The van der Waals surface area contributed by atoms with Crippen molar-refractivity contribution < 1.29 is 39.2 Å². The molecule has 5 rings (SSSR count). The number of primary amides is 1. The number of hydrogen-bond acceptors (Lipinski definition) is 10. The van der Waals surface area contributed by atoms with Crippen LogP contribution in [-0.4, -0.2) is 98.9 Å². The summed E-state index contributed by atoms with van der Waals surface area (Å²) < 4.78 is 15.4. The van der Waals surface area contributed by atoms with E-state index in [1.807, 2.05) is 4.90 Å². The number of benzene rings is 1. The van der Waals surface area contributed by atoms with Gasteiger partial charge in [-0.3, -0.25) is 24.2 Å². The van der Waals surface area contributed by atoms with Crippen LogP contribution in [0.1, 0.15) is 36.8 Å². The first-order chi connectivity index (χ1) is 19.3. The number of halogens is 1. The van der Waals surface area contributed by atoms with E-state index in [-0.39, 0.29) is 41.8 Å². The number of Topliss-reactive ketones (excluding diaryl/α,β-unsaturated/α-hetero) is 1. The number of piperidine rings is 1. The van der Waals surface area contributed by atoms with Crippen molar-refractivity contribution in [2.75, 3.05) is 39.0 Å². The minimum Gasteiger partial charge on any atom is -0.510 e. The largest absolute Gasteiger partial charge is 0.510 e. The number of carbonyl (C=O) groups is 3. The molecule has 0 unspecified atom stereocenters. The average molecular weight is 572 g/mol. The van der Waals surface area contributed by atoms with Crippen LogP contribution in [0, 0.1) is 23.1 Å². The topological polar surface area (TPSA) is 201 Å².